The van der Waals surface area contributed by atoms with Crippen molar-refractivity contribution in [2.75, 3.05) is 18.0 Å². The lowest BCUT2D eigenvalue weighted by molar-refractivity contribution is -0.150. The Balaban J connectivity index is 1.45. The minimum Gasteiger partial charge on any atom is -0.477 e. The zero-order valence-electron chi connectivity index (χ0n) is 19.7. The topological polar surface area (TPSA) is 187 Å². The van der Waals surface area contributed by atoms with Gasteiger partial charge in [-0.25, -0.2) is 9.78 Å². The highest BCUT2D eigenvalue weighted by atomic mass is 32.2. The maximum absolute atomic E-state index is 13.2. The van der Waals surface area contributed by atoms with Crippen molar-refractivity contribution >= 4 is 57.6 Å². The number of carbonyl (C=O) groups excluding carboxylic acids is 3. The number of allylic oxidation sites excluding steroid dienone is 1. The zero-order valence-corrected chi connectivity index (χ0v) is 21.3. The highest BCUT2D eigenvalue weighted by molar-refractivity contribution is 8.00. The summed E-state index contributed by atoms with van der Waals surface area (Å²) in [6.45, 7) is 0.452. The van der Waals surface area contributed by atoms with Crippen LogP contribution in [0.1, 0.15) is 17.7 Å². The normalized spacial score (nSPS) is 22.5. The third-order valence-corrected chi connectivity index (χ3v) is 8.38. The van der Waals surface area contributed by atoms with Gasteiger partial charge in [-0.15, -0.1) is 23.1 Å². The van der Waals surface area contributed by atoms with Crippen LogP contribution >= 0.6 is 23.1 Å². The number of hydrogen-bond donors (Lipinski definition) is 5. The molecule has 0 unspecified atom stereocenters. The molecule has 6 N–H and O–H groups in total. The fourth-order valence-corrected chi connectivity index (χ4v) is 6.61. The largest absolute Gasteiger partial charge is 0.477 e. The van der Waals surface area contributed by atoms with Crippen molar-refractivity contribution in [2.24, 2.45) is 5.16 Å². The van der Waals surface area contributed by atoms with E-state index in [-0.39, 0.29) is 28.2 Å². The Kier molecular flexibility index (Phi) is 6.91. The Hall–Kier alpha value is -4.17. The van der Waals surface area contributed by atoms with E-state index in [4.69, 9.17) is 5.73 Å². The van der Waals surface area contributed by atoms with E-state index in [0.29, 0.717) is 36.1 Å². The SMILES string of the molecule is Nc1nc(C(=NO)C(=O)N[C@@H]2C(=O)N3C(C(=O)O)=C(C(Cc4ccccc4)=C4CCNC4=O)CS[C@H]23)cs1. The van der Waals surface area contributed by atoms with Gasteiger partial charge in [0, 0.05) is 23.3 Å². The first-order chi connectivity index (χ1) is 18.3. The van der Waals surface area contributed by atoms with E-state index in [0.717, 1.165) is 21.8 Å². The standard InChI is InChI=1S/C24H22N6O6S2/c25-24-27-15(10-38-24)16(29-36)20(32)28-17-21(33)30-18(23(34)35)14(9-37-22(17)30)13(12-6-7-26-19(12)31)8-11-4-2-1-3-5-11/h1-5,10,17,22,36H,6-9H2,(H2,25,27)(H,26,31)(H,28,32)(H,34,35)/t17-,22-/m1/s1. The van der Waals surface area contributed by atoms with Crippen molar-refractivity contribution in [2.45, 2.75) is 24.3 Å². The molecule has 0 aliphatic carbocycles. The molecule has 0 radical (unpaired) electrons. The quantitative estimate of drug-likeness (QED) is 0.108. The van der Waals surface area contributed by atoms with E-state index in [2.05, 4.69) is 20.8 Å². The molecule has 196 valence electrons. The first-order valence-electron chi connectivity index (χ1n) is 11.5. The zero-order chi connectivity index (χ0) is 27.0. The first-order valence-corrected chi connectivity index (χ1v) is 13.4. The molecule has 4 heterocycles. The number of aliphatic carboxylic acids is 1. The predicted octanol–water partition coefficient (Wildman–Crippen LogP) is 0.701. The molecule has 3 aliphatic heterocycles. The van der Waals surface area contributed by atoms with Gasteiger partial charge in [0.25, 0.3) is 11.8 Å². The van der Waals surface area contributed by atoms with Crippen LogP contribution in [0.15, 0.2) is 63.3 Å². The lowest BCUT2D eigenvalue weighted by atomic mass is 9.90. The van der Waals surface area contributed by atoms with Gasteiger partial charge in [0.1, 0.15) is 22.8 Å². The van der Waals surface area contributed by atoms with Gasteiger partial charge in [0.15, 0.2) is 10.8 Å². The van der Waals surface area contributed by atoms with Gasteiger partial charge in [0.2, 0.25) is 5.91 Å². The number of nitrogens with two attached hydrogens (primary N) is 1. The predicted molar refractivity (Wildman–Crippen MR) is 139 cm³/mol. The second-order valence-electron chi connectivity index (χ2n) is 8.64. The summed E-state index contributed by atoms with van der Waals surface area (Å²) in [5, 5.41) is 28.7. The number of carbonyl (C=O) groups is 4. The number of oxime groups is 1. The summed E-state index contributed by atoms with van der Waals surface area (Å²) in [5.41, 5.74) is 7.42. The number of fused-ring (bicyclic) bond motifs is 1. The molecule has 2 aromatic rings. The Morgan fingerprint density at radius 3 is 2.63 bits per heavy atom. The van der Waals surface area contributed by atoms with Crippen LogP contribution < -0.4 is 16.4 Å². The molecule has 0 saturated carbocycles. The number of thiazole rings is 1. The number of hydrogen-bond acceptors (Lipinski definition) is 10. The van der Waals surface area contributed by atoms with E-state index >= 15 is 0 Å². The molecule has 0 bridgehead atoms. The molecule has 2 fully saturated rings. The van der Waals surface area contributed by atoms with Crippen molar-refractivity contribution in [3.05, 3.63) is 69.4 Å². The van der Waals surface area contributed by atoms with Crippen LogP contribution in [0.3, 0.4) is 0 Å². The monoisotopic (exact) mass is 554 g/mol. The smallest absolute Gasteiger partial charge is 0.352 e. The summed E-state index contributed by atoms with van der Waals surface area (Å²) in [6, 6.07) is 8.33. The number of aromatic nitrogens is 1. The fourth-order valence-electron chi connectivity index (χ4n) is 4.67. The molecule has 2 atom stereocenters. The number of benzene rings is 1. The third-order valence-electron chi connectivity index (χ3n) is 6.42. The van der Waals surface area contributed by atoms with E-state index < -0.39 is 34.9 Å². The van der Waals surface area contributed by atoms with E-state index in [1.165, 1.54) is 17.1 Å². The van der Waals surface area contributed by atoms with Crippen LogP contribution in [-0.4, -0.2) is 73.3 Å². The number of nitrogens with zero attached hydrogens (tertiary/aromatic N) is 3. The van der Waals surface area contributed by atoms with E-state index in [1.54, 1.807) is 0 Å². The fraction of sp³-hybridized carbons (Fsp3) is 0.250. The number of amides is 3. The van der Waals surface area contributed by atoms with Gasteiger partial charge in [-0.05, 0) is 29.6 Å². The summed E-state index contributed by atoms with van der Waals surface area (Å²) in [6.07, 6.45) is 0.777. The van der Waals surface area contributed by atoms with Gasteiger partial charge in [-0.2, -0.15) is 0 Å². The average molecular weight is 555 g/mol. The minimum atomic E-state index is -1.30. The second-order valence-corrected chi connectivity index (χ2v) is 10.6. The molecule has 5 rings (SSSR count). The summed E-state index contributed by atoms with van der Waals surface area (Å²) < 4.78 is 0. The third kappa shape index (κ3) is 4.52. The van der Waals surface area contributed by atoms with Crippen molar-refractivity contribution in [1.82, 2.24) is 20.5 Å². The van der Waals surface area contributed by atoms with Crippen LogP contribution in [-0.2, 0) is 25.6 Å². The van der Waals surface area contributed by atoms with E-state index in [9.17, 15) is 29.5 Å². The first kappa shape index (κ1) is 25.5. The molecule has 0 spiro atoms. The van der Waals surface area contributed by atoms with Crippen molar-refractivity contribution in [3.63, 3.8) is 0 Å². The molecule has 38 heavy (non-hydrogen) atoms. The van der Waals surface area contributed by atoms with Crippen LogP contribution in [0.5, 0.6) is 0 Å². The summed E-state index contributed by atoms with van der Waals surface area (Å²) >= 11 is 2.33. The number of nitrogen functional groups attached to an aromatic ring is 1. The number of carboxylic acids is 1. The van der Waals surface area contributed by atoms with Gasteiger partial charge in [-0.3, -0.25) is 19.3 Å². The summed E-state index contributed by atoms with van der Waals surface area (Å²) in [4.78, 5) is 56.1. The molecule has 2 saturated heterocycles. The van der Waals surface area contributed by atoms with Crippen molar-refractivity contribution in [1.29, 1.82) is 0 Å². The molecule has 3 aliphatic rings. The Morgan fingerprint density at radius 2 is 2.03 bits per heavy atom. The van der Waals surface area contributed by atoms with Gasteiger partial charge < -0.3 is 26.7 Å². The molecular weight excluding hydrogens is 532 g/mol. The second kappa shape index (κ2) is 10.3. The Morgan fingerprint density at radius 1 is 1.26 bits per heavy atom. The molecule has 12 nitrogen and oxygen atoms in total. The Bertz CT molecular complexity index is 1430. The van der Waals surface area contributed by atoms with E-state index in [1.807, 2.05) is 30.3 Å². The summed E-state index contributed by atoms with van der Waals surface area (Å²) in [5.74, 6) is -2.81. The van der Waals surface area contributed by atoms with Gasteiger partial charge >= 0.3 is 5.97 Å². The molecular formula is C24H22N6O6S2. The van der Waals surface area contributed by atoms with Crippen molar-refractivity contribution < 1.29 is 29.5 Å². The van der Waals surface area contributed by atoms with Crippen LogP contribution in [0.25, 0.3) is 0 Å². The van der Waals surface area contributed by atoms with Crippen molar-refractivity contribution in [3.8, 4) is 0 Å². The number of rotatable bonds is 7. The number of nitrogens with one attached hydrogen (secondary N) is 2. The highest BCUT2D eigenvalue weighted by Crippen LogP contribution is 2.43. The van der Waals surface area contributed by atoms with Gasteiger partial charge in [0.05, 0.1) is 0 Å². The molecule has 1 aromatic heterocycles. The lowest BCUT2D eigenvalue weighted by Gasteiger charge is -2.49. The maximum atomic E-state index is 13.2. The lowest BCUT2D eigenvalue weighted by Crippen LogP contribution is -2.71. The number of β-lactam (4-membered cyclic amide) rings is 1. The van der Waals surface area contributed by atoms with Crippen LogP contribution in [0.2, 0.25) is 0 Å². The van der Waals surface area contributed by atoms with Crippen LogP contribution in [0.4, 0.5) is 5.13 Å². The number of carboxylic acid groups (broad SMARTS) is 1. The average Bonchev–Trinajstić information content (AvgIpc) is 3.53. The number of thioether (sulfide) groups is 1. The molecule has 3 amide bonds. The molecule has 1 aromatic carbocycles. The van der Waals surface area contributed by atoms with Gasteiger partial charge in [-0.1, -0.05) is 35.5 Å². The Labute approximate surface area is 224 Å². The minimum absolute atomic E-state index is 0.0489. The van der Waals surface area contributed by atoms with Crippen LogP contribution in [0, 0.1) is 0 Å². The highest BCUT2D eigenvalue weighted by Gasteiger charge is 2.55. The molecule has 14 heteroatoms. The number of anilines is 1. The maximum Gasteiger partial charge on any atom is 0.352 e. The summed E-state index contributed by atoms with van der Waals surface area (Å²) in [7, 11) is 0.